The Morgan fingerprint density at radius 2 is 1.47 bits per heavy atom. The van der Waals surface area contributed by atoms with Crippen LogP contribution in [0.3, 0.4) is 0 Å². The average Bonchev–Trinajstić information content (AvgIpc) is 2.26. The molecule has 1 aromatic rings. The van der Waals surface area contributed by atoms with Crippen molar-refractivity contribution < 1.29 is 0 Å². The number of rotatable bonds is 4. The van der Waals surface area contributed by atoms with Crippen molar-refractivity contribution in [1.29, 1.82) is 0 Å². The van der Waals surface area contributed by atoms with Gasteiger partial charge in [-0.05, 0) is 20.8 Å². The van der Waals surface area contributed by atoms with Gasteiger partial charge in [0.15, 0.2) is 0 Å². The first-order chi connectivity index (χ1) is 8.08. The van der Waals surface area contributed by atoms with Crippen molar-refractivity contribution in [2.75, 3.05) is 13.1 Å². The number of hydrogen-bond acceptors (Lipinski definition) is 3. The van der Waals surface area contributed by atoms with Crippen LogP contribution in [-0.4, -0.2) is 28.0 Å². The van der Waals surface area contributed by atoms with Gasteiger partial charge in [-0.25, -0.2) is 0 Å². The normalized spacial score (nSPS) is 10.0. The van der Waals surface area contributed by atoms with E-state index in [1.165, 1.54) is 0 Å². The molecule has 1 aromatic heterocycles. The van der Waals surface area contributed by atoms with E-state index in [4.69, 9.17) is 12.8 Å². The maximum atomic E-state index is 5.31. The van der Waals surface area contributed by atoms with Crippen LogP contribution in [0.15, 0.2) is 0 Å². The van der Waals surface area contributed by atoms with Gasteiger partial charge in [-0.2, -0.15) is 0 Å². The minimum atomic E-state index is 0.526. The molecule has 17 heavy (non-hydrogen) atoms. The smallest absolute Gasteiger partial charge is 0.0760 e. The van der Waals surface area contributed by atoms with Crippen LogP contribution in [0.1, 0.15) is 22.8 Å². The second-order valence-corrected chi connectivity index (χ2v) is 3.98. The molecule has 0 fully saturated rings. The third kappa shape index (κ3) is 3.59. The molecule has 1 heterocycles. The van der Waals surface area contributed by atoms with E-state index in [9.17, 15) is 0 Å². The Morgan fingerprint density at radius 3 is 2.00 bits per heavy atom. The molecule has 0 spiro atoms. The third-order valence-corrected chi connectivity index (χ3v) is 2.58. The highest BCUT2D eigenvalue weighted by Gasteiger charge is 2.09. The van der Waals surface area contributed by atoms with Gasteiger partial charge >= 0.3 is 0 Å². The van der Waals surface area contributed by atoms with Crippen molar-refractivity contribution in [2.45, 2.75) is 27.3 Å². The largest absolute Gasteiger partial charge is 0.275 e. The lowest BCUT2D eigenvalue weighted by atomic mass is 10.2. The van der Waals surface area contributed by atoms with E-state index < -0.39 is 0 Å². The van der Waals surface area contributed by atoms with Crippen molar-refractivity contribution in [3.8, 4) is 24.7 Å². The summed E-state index contributed by atoms with van der Waals surface area (Å²) in [6.07, 6.45) is 10.6. The standard InChI is InChI=1S/C14H17N3/c1-6-8-17(9-7-2)10-14-13(5)15-11(3)12(4)16-14/h1-2H,8-10H2,3-5H3. The quantitative estimate of drug-likeness (QED) is 0.729. The summed E-state index contributed by atoms with van der Waals surface area (Å²) >= 11 is 0. The van der Waals surface area contributed by atoms with Gasteiger partial charge in [0.25, 0.3) is 0 Å². The number of hydrogen-bond donors (Lipinski definition) is 0. The molecule has 88 valence electrons. The maximum absolute atomic E-state index is 5.31. The zero-order valence-electron chi connectivity index (χ0n) is 10.6. The van der Waals surface area contributed by atoms with E-state index in [1.54, 1.807) is 0 Å². The van der Waals surface area contributed by atoms with Crippen LogP contribution in [-0.2, 0) is 6.54 Å². The van der Waals surface area contributed by atoms with Gasteiger partial charge < -0.3 is 0 Å². The monoisotopic (exact) mass is 227 g/mol. The van der Waals surface area contributed by atoms with Gasteiger partial charge in [-0.15, -0.1) is 12.8 Å². The first kappa shape index (κ1) is 13.2. The molecular formula is C14H17N3. The molecule has 0 unspecified atom stereocenters. The van der Waals surface area contributed by atoms with Crippen molar-refractivity contribution in [3.05, 3.63) is 22.8 Å². The maximum Gasteiger partial charge on any atom is 0.0760 e. The summed E-state index contributed by atoms with van der Waals surface area (Å²) in [6.45, 7) is 7.57. The molecule has 0 radical (unpaired) electrons. The molecule has 0 amide bonds. The van der Waals surface area contributed by atoms with E-state index >= 15 is 0 Å². The summed E-state index contributed by atoms with van der Waals surface area (Å²) in [7, 11) is 0. The molecule has 0 aliphatic rings. The fourth-order valence-corrected chi connectivity index (χ4v) is 1.55. The van der Waals surface area contributed by atoms with Crippen LogP contribution in [0.2, 0.25) is 0 Å². The summed E-state index contributed by atoms with van der Waals surface area (Å²) in [5, 5.41) is 0. The third-order valence-electron chi connectivity index (χ3n) is 2.58. The highest BCUT2D eigenvalue weighted by Crippen LogP contribution is 2.09. The van der Waals surface area contributed by atoms with Gasteiger partial charge in [0.2, 0.25) is 0 Å². The second-order valence-electron chi connectivity index (χ2n) is 3.98. The lowest BCUT2D eigenvalue weighted by Gasteiger charge is -2.17. The minimum absolute atomic E-state index is 0.526. The van der Waals surface area contributed by atoms with Crippen LogP contribution in [0.4, 0.5) is 0 Å². The predicted molar refractivity (Wildman–Crippen MR) is 69.2 cm³/mol. The summed E-state index contributed by atoms with van der Waals surface area (Å²) < 4.78 is 0. The van der Waals surface area contributed by atoms with Gasteiger partial charge in [0, 0.05) is 6.54 Å². The number of terminal acetylenes is 2. The van der Waals surface area contributed by atoms with Crippen LogP contribution in [0.25, 0.3) is 0 Å². The molecule has 3 nitrogen and oxygen atoms in total. The van der Waals surface area contributed by atoms with Crippen LogP contribution >= 0.6 is 0 Å². The Morgan fingerprint density at radius 1 is 0.941 bits per heavy atom. The average molecular weight is 227 g/mol. The predicted octanol–water partition coefficient (Wildman–Crippen LogP) is 1.47. The SMILES string of the molecule is C#CCN(CC#C)Cc1nc(C)c(C)nc1C. The second kappa shape index (κ2) is 6.03. The highest BCUT2D eigenvalue weighted by atomic mass is 15.1. The van der Waals surface area contributed by atoms with Crippen molar-refractivity contribution >= 4 is 0 Å². The molecule has 0 N–H and O–H groups in total. The molecule has 0 saturated carbocycles. The molecule has 0 saturated heterocycles. The van der Waals surface area contributed by atoms with E-state index in [0.29, 0.717) is 19.6 Å². The first-order valence-electron chi connectivity index (χ1n) is 5.48. The van der Waals surface area contributed by atoms with E-state index in [2.05, 4.69) is 21.8 Å². The molecule has 0 aliphatic carbocycles. The van der Waals surface area contributed by atoms with E-state index in [0.717, 1.165) is 22.8 Å². The minimum Gasteiger partial charge on any atom is -0.275 e. The zero-order chi connectivity index (χ0) is 12.8. The first-order valence-corrected chi connectivity index (χ1v) is 5.48. The van der Waals surface area contributed by atoms with Crippen molar-refractivity contribution in [2.24, 2.45) is 0 Å². The summed E-state index contributed by atoms with van der Waals surface area (Å²) in [4.78, 5) is 11.0. The van der Waals surface area contributed by atoms with Crippen LogP contribution in [0.5, 0.6) is 0 Å². The number of aromatic nitrogens is 2. The Hall–Kier alpha value is -1.84. The lowest BCUT2D eigenvalue weighted by Crippen LogP contribution is -2.25. The van der Waals surface area contributed by atoms with Crippen molar-refractivity contribution in [1.82, 2.24) is 14.9 Å². The van der Waals surface area contributed by atoms with E-state index in [-0.39, 0.29) is 0 Å². The zero-order valence-corrected chi connectivity index (χ0v) is 10.6. The molecule has 3 heteroatoms. The number of aryl methyl sites for hydroxylation is 3. The summed E-state index contributed by atoms with van der Waals surface area (Å²) in [6, 6.07) is 0. The van der Waals surface area contributed by atoms with Gasteiger partial charge in [-0.1, -0.05) is 11.8 Å². The molecule has 0 bridgehead atoms. The molecule has 1 rings (SSSR count). The fourth-order valence-electron chi connectivity index (χ4n) is 1.55. The van der Waals surface area contributed by atoms with Crippen LogP contribution < -0.4 is 0 Å². The Kier molecular flexibility index (Phi) is 4.69. The van der Waals surface area contributed by atoms with Crippen LogP contribution in [0, 0.1) is 45.5 Å². The molecule has 0 aromatic carbocycles. The Labute approximate surface area is 103 Å². The van der Waals surface area contributed by atoms with Gasteiger partial charge in [-0.3, -0.25) is 14.9 Å². The highest BCUT2D eigenvalue weighted by molar-refractivity contribution is 5.18. The Balaban J connectivity index is 2.90. The summed E-state index contributed by atoms with van der Waals surface area (Å²) in [5.74, 6) is 5.20. The molecular weight excluding hydrogens is 210 g/mol. The molecule has 0 atom stereocenters. The molecule has 0 aliphatic heterocycles. The fraction of sp³-hybridized carbons (Fsp3) is 0.429. The topological polar surface area (TPSA) is 29.0 Å². The van der Waals surface area contributed by atoms with Gasteiger partial charge in [0.05, 0.1) is 35.9 Å². The summed E-state index contributed by atoms with van der Waals surface area (Å²) in [5.41, 5.74) is 3.80. The van der Waals surface area contributed by atoms with Crippen molar-refractivity contribution in [3.63, 3.8) is 0 Å². The lowest BCUT2D eigenvalue weighted by molar-refractivity contribution is 0.331. The van der Waals surface area contributed by atoms with E-state index in [1.807, 2.05) is 25.7 Å². The van der Waals surface area contributed by atoms with Gasteiger partial charge in [0.1, 0.15) is 0 Å². The Bertz CT molecular complexity index is 461. The number of nitrogens with zero attached hydrogens (tertiary/aromatic N) is 3.